The van der Waals surface area contributed by atoms with Gasteiger partial charge in [0, 0.05) is 31.7 Å². The second-order valence-corrected chi connectivity index (χ2v) is 6.82. The van der Waals surface area contributed by atoms with E-state index < -0.39 is 0 Å². The van der Waals surface area contributed by atoms with E-state index in [1.165, 1.54) is 0 Å². The van der Waals surface area contributed by atoms with E-state index in [0.717, 1.165) is 68.9 Å². The summed E-state index contributed by atoms with van der Waals surface area (Å²) < 4.78 is 16.8. The van der Waals surface area contributed by atoms with Crippen LogP contribution in [0.5, 0.6) is 5.75 Å². The van der Waals surface area contributed by atoms with Gasteiger partial charge in [-0.3, -0.25) is 4.90 Å². The number of hydrogen-bond donors (Lipinski definition) is 0. The summed E-state index contributed by atoms with van der Waals surface area (Å²) in [5.41, 5.74) is 1.15. The van der Waals surface area contributed by atoms with Gasteiger partial charge in [-0.05, 0) is 25.3 Å². The number of hydrogen-bond acceptors (Lipinski definition) is 6. The number of ether oxygens (including phenoxy) is 2. The molecule has 1 unspecified atom stereocenters. The number of unbranched alkanes of at least 4 members (excludes halogenated alkanes) is 1. The summed E-state index contributed by atoms with van der Waals surface area (Å²) in [7, 11) is 1.71. The highest BCUT2D eigenvalue weighted by Gasteiger charge is 2.22. The lowest BCUT2D eigenvalue weighted by Crippen LogP contribution is -2.31. The molecule has 1 fully saturated rings. The normalized spacial score (nSPS) is 17.1. The van der Waals surface area contributed by atoms with E-state index in [4.69, 9.17) is 14.0 Å². The second-order valence-electron chi connectivity index (χ2n) is 6.82. The number of aryl methyl sites for hydroxylation is 1. The average molecular weight is 359 g/mol. The van der Waals surface area contributed by atoms with Gasteiger partial charge < -0.3 is 14.0 Å². The second kappa shape index (κ2) is 9.69. The molecule has 0 aliphatic carbocycles. The minimum atomic E-state index is 0.271. The summed E-state index contributed by atoms with van der Waals surface area (Å²) >= 11 is 0. The van der Waals surface area contributed by atoms with Crippen LogP contribution in [0.2, 0.25) is 0 Å². The largest absolute Gasteiger partial charge is 0.496 e. The van der Waals surface area contributed by atoms with E-state index in [9.17, 15) is 0 Å². The van der Waals surface area contributed by atoms with Gasteiger partial charge in [-0.1, -0.05) is 36.7 Å². The van der Waals surface area contributed by atoms with Gasteiger partial charge in [-0.2, -0.15) is 4.98 Å². The number of aromatic nitrogens is 2. The zero-order chi connectivity index (χ0) is 18.2. The smallest absolute Gasteiger partial charge is 0.240 e. The Hall–Kier alpha value is -1.92. The molecule has 0 radical (unpaired) electrons. The van der Waals surface area contributed by atoms with Crippen LogP contribution in [0, 0.1) is 0 Å². The van der Waals surface area contributed by atoms with Crippen LogP contribution in [0.15, 0.2) is 28.8 Å². The van der Waals surface area contributed by atoms with E-state index >= 15 is 0 Å². The first-order valence-electron chi connectivity index (χ1n) is 9.55. The summed E-state index contributed by atoms with van der Waals surface area (Å²) in [6.45, 7) is 5.25. The van der Waals surface area contributed by atoms with Crippen LogP contribution in [0.25, 0.3) is 0 Å². The molecule has 142 valence electrons. The molecule has 2 aromatic rings. The fourth-order valence-corrected chi connectivity index (χ4v) is 3.32. The molecule has 1 atom stereocenters. The summed E-state index contributed by atoms with van der Waals surface area (Å²) in [5.74, 6) is 2.37. The summed E-state index contributed by atoms with van der Waals surface area (Å²) in [6, 6.07) is 8.12. The Balaban J connectivity index is 1.69. The van der Waals surface area contributed by atoms with Crippen LogP contribution in [0.1, 0.15) is 49.9 Å². The summed E-state index contributed by atoms with van der Waals surface area (Å²) in [6.07, 6.45) is 5.59. The number of methoxy groups -OCH3 is 1. The molecule has 26 heavy (non-hydrogen) atoms. The maximum atomic E-state index is 5.83. The Kier molecular flexibility index (Phi) is 7.03. The van der Waals surface area contributed by atoms with Crippen molar-refractivity contribution in [3.05, 3.63) is 41.5 Å². The van der Waals surface area contributed by atoms with Crippen molar-refractivity contribution in [3.8, 4) is 5.75 Å². The molecule has 1 aromatic carbocycles. The van der Waals surface area contributed by atoms with E-state index in [1.54, 1.807) is 7.11 Å². The van der Waals surface area contributed by atoms with Crippen molar-refractivity contribution >= 4 is 0 Å². The van der Waals surface area contributed by atoms with Gasteiger partial charge >= 0.3 is 0 Å². The van der Waals surface area contributed by atoms with Crippen LogP contribution >= 0.6 is 0 Å². The molecular formula is C20H29N3O3. The van der Waals surface area contributed by atoms with Crippen molar-refractivity contribution in [1.82, 2.24) is 15.0 Å². The van der Waals surface area contributed by atoms with E-state index in [2.05, 4.69) is 28.0 Å². The summed E-state index contributed by atoms with van der Waals surface area (Å²) in [5, 5.41) is 4.11. The van der Waals surface area contributed by atoms with E-state index in [-0.39, 0.29) is 6.10 Å². The SMILES string of the molecule is CCCCc1noc(CN(Cc2ccccc2OC)CC2CCCO2)n1. The third-order valence-corrected chi connectivity index (χ3v) is 4.70. The first-order chi connectivity index (χ1) is 12.8. The van der Waals surface area contributed by atoms with Crippen LogP contribution in [0.4, 0.5) is 0 Å². The van der Waals surface area contributed by atoms with Gasteiger partial charge in [0.1, 0.15) is 5.75 Å². The van der Waals surface area contributed by atoms with E-state index in [1.807, 2.05) is 18.2 Å². The molecular weight excluding hydrogens is 330 g/mol. The van der Waals surface area contributed by atoms with Gasteiger partial charge in [0.05, 0.1) is 19.8 Å². The van der Waals surface area contributed by atoms with Crippen LogP contribution in [-0.4, -0.2) is 41.4 Å². The van der Waals surface area contributed by atoms with Gasteiger partial charge in [0.25, 0.3) is 0 Å². The highest BCUT2D eigenvalue weighted by atomic mass is 16.5. The van der Waals surface area contributed by atoms with Crippen molar-refractivity contribution in [2.75, 3.05) is 20.3 Å². The molecule has 0 N–H and O–H groups in total. The first kappa shape index (κ1) is 18.9. The number of nitrogens with zero attached hydrogens (tertiary/aromatic N) is 3. The van der Waals surface area contributed by atoms with Crippen LogP contribution < -0.4 is 4.74 Å². The molecule has 1 aliphatic rings. The third-order valence-electron chi connectivity index (χ3n) is 4.70. The molecule has 1 aliphatic heterocycles. The Morgan fingerprint density at radius 1 is 1.27 bits per heavy atom. The molecule has 6 heteroatoms. The standard InChI is InChI=1S/C20H29N3O3/c1-3-4-11-19-21-20(26-22-19)15-23(14-17-9-7-12-25-17)13-16-8-5-6-10-18(16)24-2/h5-6,8,10,17H,3-4,7,9,11-15H2,1-2H3. The predicted octanol–water partition coefficient (Wildman–Crippen LogP) is 3.60. The molecule has 2 heterocycles. The van der Waals surface area contributed by atoms with Crippen molar-refractivity contribution in [2.45, 2.75) is 58.2 Å². The quantitative estimate of drug-likeness (QED) is 0.646. The first-order valence-corrected chi connectivity index (χ1v) is 9.55. The Morgan fingerprint density at radius 3 is 2.92 bits per heavy atom. The van der Waals surface area contributed by atoms with Gasteiger partial charge in [-0.25, -0.2) is 0 Å². The average Bonchev–Trinajstić information content (AvgIpc) is 3.32. The lowest BCUT2D eigenvalue weighted by Gasteiger charge is -2.24. The molecule has 1 saturated heterocycles. The minimum Gasteiger partial charge on any atom is -0.496 e. The van der Waals surface area contributed by atoms with Gasteiger partial charge in [0.2, 0.25) is 5.89 Å². The Morgan fingerprint density at radius 2 is 2.15 bits per heavy atom. The van der Waals surface area contributed by atoms with E-state index in [0.29, 0.717) is 12.4 Å². The Bertz CT molecular complexity index is 668. The van der Waals surface area contributed by atoms with Crippen molar-refractivity contribution in [3.63, 3.8) is 0 Å². The Labute approximate surface area is 155 Å². The fraction of sp³-hybridized carbons (Fsp3) is 0.600. The molecule has 0 saturated carbocycles. The van der Waals surface area contributed by atoms with Crippen LogP contribution in [0.3, 0.4) is 0 Å². The molecule has 6 nitrogen and oxygen atoms in total. The maximum Gasteiger partial charge on any atom is 0.240 e. The highest BCUT2D eigenvalue weighted by molar-refractivity contribution is 5.33. The van der Waals surface area contributed by atoms with Gasteiger partial charge in [0.15, 0.2) is 5.82 Å². The fourth-order valence-electron chi connectivity index (χ4n) is 3.32. The third kappa shape index (κ3) is 5.29. The monoisotopic (exact) mass is 359 g/mol. The van der Waals surface area contributed by atoms with Crippen LogP contribution in [-0.2, 0) is 24.2 Å². The molecule has 0 amide bonds. The predicted molar refractivity (Wildman–Crippen MR) is 99.0 cm³/mol. The molecule has 0 bridgehead atoms. The summed E-state index contributed by atoms with van der Waals surface area (Å²) in [4.78, 5) is 6.87. The number of benzene rings is 1. The number of rotatable bonds is 10. The molecule has 1 aromatic heterocycles. The zero-order valence-electron chi connectivity index (χ0n) is 15.8. The van der Waals surface area contributed by atoms with Crippen molar-refractivity contribution in [2.24, 2.45) is 0 Å². The maximum absolute atomic E-state index is 5.83. The molecule has 3 rings (SSSR count). The topological polar surface area (TPSA) is 60.6 Å². The minimum absolute atomic E-state index is 0.271. The van der Waals surface area contributed by atoms with Gasteiger partial charge in [-0.15, -0.1) is 0 Å². The lowest BCUT2D eigenvalue weighted by molar-refractivity contribution is 0.0637. The van der Waals surface area contributed by atoms with Crippen molar-refractivity contribution in [1.29, 1.82) is 0 Å². The lowest BCUT2D eigenvalue weighted by atomic mass is 10.1. The number of para-hydroxylation sites is 1. The van der Waals surface area contributed by atoms with Crippen molar-refractivity contribution < 1.29 is 14.0 Å². The zero-order valence-corrected chi connectivity index (χ0v) is 15.8. The highest BCUT2D eigenvalue weighted by Crippen LogP contribution is 2.22. The molecule has 0 spiro atoms.